The lowest BCUT2D eigenvalue weighted by Gasteiger charge is -2.11. The number of ether oxygens (including phenoxy) is 1. The molecule has 1 unspecified atom stereocenters. The first kappa shape index (κ1) is 25.4. The van der Waals surface area contributed by atoms with Gasteiger partial charge in [0.1, 0.15) is 0 Å². The van der Waals surface area contributed by atoms with Gasteiger partial charge in [-0.15, -0.1) is 0 Å². The lowest BCUT2D eigenvalue weighted by atomic mass is 10.0. The molecule has 25 heavy (non-hydrogen) atoms. The van der Waals surface area contributed by atoms with Gasteiger partial charge >= 0.3 is 0 Å². The number of hydrogen-bond acceptors (Lipinski definition) is 2. The summed E-state index contributed by atoms with van der Waals surface area (Å²) in [6.45, 7) is 2.99. The van der Waals surface area contributed by atoms with Crippen LogP contribution in [0.2, 0.25) is 0 Å². The molecule has 152 valence electrons. The molecule has 0 saturated carbocycles. The van der Waals surface area contributed by atoms with Crippen LogP contribution in [0.5, 0.6) is 0 Å². The molecule has 0 aromatic rings. The van der Waals surface area contributed by atoms with Crippen LogP contribution in [0.25, 0.3) is 0 Å². The maximum absolute atomic E-state index is 9.80. The summed E-state index contributed by atoms with van der Waals surface area (Å²) in [6, 6.07) is 0. The molecule has 2 nitrogen and oxygen atoms in total. The van der Waals surface area contributed by atoms with Gasteiger partial charge in [-0.3, -0.25) is 0 Å². The Labute approximate surface area is 166 Å². The number of aliphatic hydroxyl groups excluding tert-OH is 1. The second-order valence-electron chi connectivity index (χ2n) is 7.46. The quantitative estimate of drug-likeness (QED) is 0.117. The Morgan fingerprint density at radius 3 is 1.60 bits per heavy atom. The van der Waals surface area contributed by atoms with Crippen LogP contribution in [0.4, 0.5) is 0 Å². The van der Waals surface area contributed by atoms with Crippen molar-refractivity contribution in [3.63, 3.8) is 0 Å². The van der Waals surface area contributed by atoms with Gasteiger partial charge in [-0.25, -0.2) is 0 Å². The van der Waals surface area contributed by atoms with Gasteiger partial charge in [0, 0.05) is 11.9 Å². The van der Waals surface area contributed by atoms with Crippen molar-refractivity contribution in [3.8, 4) is 0 Å². The van der Waals surface area contributed by atoms with Crippen LogP contribution in [0.1, 0.15) is 122 Å². The fourth-order valence-electron chi connectivity index (χ4n) is 3.19. The van der Waals surface area contributed by atoms with Crippen LogP contribution >= 0.6 is 15.9 Å². The maximum atomic E-state index is 9.80. The zero-order valence-corrected chi connectivity index (χ0v) is 18.5. The fraction of sp³-hybridized carbons (Fsp3) is 1.00. The van der Waals surface area contributed by atoms with Crippen molar-refractivity contribution in [3.05, 3.63) is 0 Å². The number of rotatable bonds is 21. The van der Waals surface area contributed by atoms with Gasteiger partial charge in [0.05, 0.1) is 0 Å². The van der Waals surface area contributed by atoms with Gasteiger partial charge in [0.25, 0.3) is 0 Å². The highest BCUT2D eigenvalue weighted by molar-refractivity contribution is 9.09. The Balaban J connectivity index is 3.09. The van der Waals surface area contributed by atoms with Crippen LogP contribution in [0, 0.1) is 0 Å². The topological polar surface area (TPSA) is 29.5 Å². The Morgan fingerprint density at radius 1 is 0.640 bits per heavy atom. The predicted molar refractivity (Wildman–Crippen MR) is 115 cm³/mol. The minimum absolute atomic E-state index is 0.538. The smallest absolute Gasteiger partial charge is 0.154 e. The molecule has 0 aliphatic rings. The number of hydrogen-bond donors (Lipinski definition) is 1. The summed E-state index contributed by atoms with van der Waals surface area (Å²) in [5.41, 5.74) is 0. The van der Waals surface area contributed by atoms with Gasteiger partial charge in [0.2, 0.25) is 0 Å². The lowest BCUT2D eigenvalue weighted by Crippen LogP contribution is -2.12. The second-order valence-corrected chi connectivity index (χ2v) is 8.25. The minimum Gasteiger partial charge on any atom is -0.368 e. The van der Waals surface area contributed by atoms with E-state index in [1.807, 2.05) is 0 Å². The molecule has 0 radical (unpaired) electrons. The molecule has 0 aliphatic carbocycles. The van der Waals surface area contributed by atoms with E-state index in [0.717, 1.165) is 24.6 Å². The van der Waals surface area contributed by atoms with E-state index in [-0.39, 0.29) is 0 Å². The summed E-state index contributed by atoms with van der Waals surface area (Å²) >= 11 is 3.44. The minimum atomic E-state index is -0.538. The molecule has 0 spiro atoms. The Kier molecular flexibility index (Phi) is 22.8. The number of halogens is 1. The van der Waals surface area contributed by atoms with Gasteiger partial charge in [0.15, 0.2) is 6.29 Å². The molecule has 0 saturated heterocycles. The Bertz CT molecular complexity index is 236. The van der Waals surface area contributed by atoms with Crippen molar-refractivity contribution in [2.45, 2.75) is 129 Å². The SMILES string of the molecule is CCCCCCCCCCCCCCCC(O)OCCCCCCBr. The van der Waals surface area contributed by atoms with Crippen molar-refractivity contribution in [1.29, 1.82) is 0 Å². The van der Waals surface area contributed by atoms with Crippen molar-refractivity contribution in [1.82, 2.24) is 0 Å². The molecule has 0 rings (SSSR count). The van der Waals surface area contributed by atoms with Crippen LogP contribution in [-0.2, 0) is 4.74 Å². The first-order valence-corrected chi connectivity index (χ1v) is 12.3. The van der Waals surface area contributed by atoms with E-state index < -0.39 is 6.29 Å². The van der Waals surface area contributed by atoms with Crippen LogP contribution < -0.4 is 0 Å². The van der Waals surface area contributed by atoms with Crippen molar-refractivity contribution >= 4 is 15.9 Å². The van der Waals surface area contributed by atoms with Crippen molar-refractivity contribution in [2.75, 3.05) is 11.9 Å². The fourth-order valence-corrected chi connectivity index (χ4v) is 3.59. The van der Waals surface area contributed by atoms with Gasteiger partial charge < -0.3 is 9.84 Å². The standard InChI is InChI=1S/C22H45BrO2/c1-2-3-4-5-6-7-8-9-10-11-12-13-16-19-22(24)25-21-18-15-14-17-20-23/h22,24H,2-21H2,1H3. The molecule has 0 amide bonds. The van der Waals surface area contributed by atoms with E-state index in [1.54, 1.807) is 0 Å². The number of aliphatic hydroxyl groups is 1. The molecular formula is C22H45BrO2. The average molecular weight is 422 g/mol. The van der Waals surface area contributed by atoms with E-state index in [0.29, 0.717) is 6.61 Å². The zero-order valence-electron chi connectivity index (χ0n) is 17.0. The highest BCUT2D eigenvalue weighted by Gasteiger charge is 2.03. The zero-order chi connectivity index (χ0) is 18.4. The molecule has 0 bridgehead atoms. The van der Waals surface area contributed by atoms with Crippen molar-refractivity contribution in [2.24, 2.45) is 0 Å². The summed E-state index contributed by atoms with van der Waals surface area (Å²) in [5, 5.41) is 10.9. The molecule has 3 heteroatoms. The van der Waals surface area contributed by atoms with Gasteiger partial charge in [-0.05, 0) is 25.7 Å². The largest absolute Gasteiger partial charge is 0.368 e. The Hall–Kier alpha value is 0.400. The van der Waals surface area contributed by atoms with E-state index in [1.165, 1.54) is 96.3 Å². The van der Waals surface area contributed by atoms with E-state index in [2.05, 4.69) is 22.9 Å². The molecule has 0 heterocycles. The van der Waals surface area contributed by atoms with E-state index in [9.17, 15) is 5.11 Å². The summed E-state index contributed by atoms with van der Waals surface area (Å²) < 4.78 is 5.47. The van der Waals surface area contributed by atoms with Crippen LogP contribution in [-0.4, -0.2) is 23.3 Å². The average Bonchev–Trinajstić information content (AvgIpc) is 2.62. The van der Waals surface area contributed by atoms with Gasteiger partial charge in [-0.2, -0.15) is 0 Å². The third kappa shape index (κ3) is 22.4. The van der Waals surface area contributed by atoms with Crippen molar-refractivity contribution < 1.29 is 9.84 Å². The maximum Gasteiger partial charge on any atom is 0.154 e. The molecule has 0 fully saturated rings. The third-order valence-electron chi connectivity index (χ3n) is 4.89. The summed E-state index contributed by atoms with van der Waals surface area (Å²) in [5.74, 6) is 0. The van der Waals surface area contributed by atoms with Crippen LogP contribution in [0.3, 0.4) is 0 Å². The molecule has 1 atom stereocenters. The second kappa shape index (κ2) is 22.4. The Morgan fingerprint density at radius 2 is 1.08 bits per heavy atom. The summed E-state index contributed by atoms with van der Waals surface area (Å²) in [4.78, 5) is 0. The van der Waals surface area contributed by atoms with Gasteiger partial charge in [-0.1, -0.05) is 113 Å². The molecule has 0 aromatic heterocycles. The first-order valence-electron chi connectivity index (χ1n) is 11.2. The predicted octanol–water partition coefficient (Wildman–Crippen LogP) is 7.76. The van der Waals surface area contributed by atoms with E-state index >= 15 is 0 Å². The molecular weight excluding hydrogens is 376 g/mol. The third-order valence-corrected chi connectivity index (χ3v) is 5.45. The monoisotopic (exact) mass is 420 g/mol. The highest BCUT2D eigenvalue weighted by Crippen LogP contribution is 2.13. The lowest BCUT2D eigenvalue weighted by molar-refractivity contribution is -0.105. The highest BCUT2D eigenvalue weighted by atomic mass is 79.9. The number of alkyl halides is 1. The molecule has 0 aromatic carbocycles. The molecule has 0 aliphatic heterocycles. The summed E-state index contributed by atoms with van der Waals surface area (Å²) in [6.07, 6.45) is 22.8. The van der Waals surface area contributed by atoms with E-state index in [4.69, 9.17) is 4.74 Å². The molecule has 1 N–H and O–H groups in total. The normalized spacial score (nSPS) is 12.6. The van der Waals surface area contributed by atoms with Crippen LogP contribution in [0.15, 0.2) is 0 Å². The number of unbranched alkanes of at least 4 members (excludes halogenated alkanes) is 15. The first-order chi connectivity index (χ1) is 12.3. The summed E-state index contributed by atoms with van der Waals surface area (Å²) in [7, 11) is 0.